The van der Waals surface area contributed by atoms with Gasteiger partial charge in [0.15, 0.2) is 0 Å². The zero-order valence-corrected chi connectivity index (χ0v) is 16.0. The third-order valence-electron chi connectivity index (χ3n) is 6.34. The Morgan fingerprint density at radius 3 is 2.65 bits per heavy atom. The van der Waals surface area contributed by atoms with Crippen LogP contribution in [0.5, 0.6) is 0 Å². The molecule has 1 saturated carbocycles. The Balaban J connectivity index is 1.44. The van der Waals surface area contributed by atoms with E-state index in [1.807, 2.05) is 0 Å². The highest BCUT2D eigenvalue weighted by Crippen LogP contribution is 2.34. The second kappa shape index (κ2) is 8.26. The number of hydrogen-bond acceptors (Lipinski definition) is 2. The minimum Gasteiger partial charge on any atom is -0.382 e. The summed E-state index contributed by atoms with van der Waals surface area (Å²) in [7, 11) is 0. The fourth-order valence-electron chi connectivity index (χ4n) is 4.89. The second-order valence-electron chi connectivity index (χ2n) is 8.11. The largest absolute Gasteiger partial charge is 0.382 e. The molecular formula is C24H32N2. The molecule has 138 valence electrons. The zero-order chi connectivity index (χ0) is 17.8. The molecule has 2 nitrogen and oxygen atoms in total. The summed E-state index contributed by atoms with van der Waals surface area (Å²) in [5.74, 6) is 0.820. The van der Waals surface area contributed by atoms with Crippen molar-refractivity contribution < 1.29 is 0 Å². The predicted molar refractivity (Wildman–Crippen MR) is 111 cm³/mol. The Kier molecular flexibility index (Phi) is 5.59. The molecule has 4 aliphatic rings. The van der Waals surface area contributed by atoms with E-state index in [1.54, 1.807) is 5.57 Å². The van der Waals surface area contributed by atoms with Gasteiger partial charge in [-0.15, -0.1) is 0 Å². The topological polar surface area (TPSA) is 24.1 Å². The standard InChI is InChI=1S/C24H32N2/c1-18-8-5-6-17-25-22-11-7-12-23(24(18)22)26-21-15-13-20(14-16-21)19-9-3-2-4-10-19/h2-3,5-9,12,20-22,25-26H,4,10-11,13-17H2,1H3/b6-5-,18-8+. The van der Waals surface area contributed by atoms with Crippen LogP contribution in [-0.2, 0) is 0 Å². The normalized spacial score (nSPS) is 34.9. The van der Waals surface area contributed by atoms with Crippen molar-refractivity contribution in [2.75, 3.05) is 6.54 Å². The zero-order valence-electron chi connectivity index (χ0n) is 16.0. The van der Waals surface area contributed by atoms with Gasteiger partial charge in [0.2, 0.25) is 0 Å². The van der Waals surface area contributed by atoms with Gasteiger partial charge in [-0.3, -0.25) is 0 Å². The molecule has 1 atom stereocenters. The molecule has 0 saturated heterocycles. The first-order chi connectivity index (χ1) is 12.8. The summed E-state index contributed by atoms with van der Waals surface area (Å²) in [6, 6.07) is 1.06. The maximum Gasteiger partial charge on any atom is 0.0390 e. The van der Waals surface area contributed by atoms with Gasteiger partial charge in [0.25, 0.3) is 0 Å². The molecule has 2 N–H and O–H groups in total. The molecule has 0 aromatic rings. The molecule has 1 heterocycles. The summed E-state index contributed by atoms with van der Waals surface area (Å²) in [6.45, 7) is 3.20. The molecule has 1 fully saturated rings. The molecule has 3 aliphatic carbocycles. The Morgan fingerprint density at radius 1 is 1.00 bits per heavy atom. The second-order valence-corrected chi connectivity index (χ2v) is 8.11. The minimum atomic E-state index is 0.444. The van der Waals surface area contributed by atoms with E-state index in [0.717, 1.165) is 18.9 Å². The van der Waals surface area contributed by atoms with Crippen molar-refractivity contribution in [3.63, 3.8) is 0 Å². The van der Waals surface area contributed by atoms with Gasteiger partial charge in [-0.2, -0.15) is 0 Å². The Bertz CT molecular complexity index is 694. The quantitative estimate of drug-likeness (QED) is 0.741. The van der Waals surface area contributed by atoms with Crippen molar-refractivity contribution >= 4 is 0 Å². The summed E-state index contributed by atoms with van der Waals surface area (Å²) in [4.78, 5) is 0. The lowest BCUT2D eigenvalue weighted by molar-refractivity contribution is 0.329. The molecule has 26 heavy (non-hydrogen) atoms. The van der Waals surface area contributed by atoms with Crippen molar-refractivity contribution in [1.82, 2.24) is 10.6 Å². The fourth-order valence-corrected chi connectivity index (χ4v) is 4.89. The first kappa shape index (κ1) is 17.6. The number of allylic oxidation sites excluding steroid dienone is 7. The smallest absolute Gasteiger partial charge is 0.0390 e. The molecule has 0 radical (unpaired) electrons. The van der Waals surface area contributed by atoms with Crippen molar-refractivity contribution in [3.8, 4) is 0 Å². The number of fused-ring (bicyclic) bond motifs is 1. The molecular weight excluding hydrogens is 316 g/mol. The Labute approximate surface area is 158 Å². The van der Waals surface area contributed by atoms with Crippen molar-refractivity contribution in [1.29, 1.82) is 0 Å². The van der Waals surface area contributed by atoms with E-state index in [2.05, 4.69) is 66.2 Å². The molecule has 0 amide bonds. The first-order valence-corrected chi connectivity index (χ1v) is 10.4. The van der Waals surface area contributed by atoms with Crippen molar-refractivity contribution in [3.05, 3.63) is 71.0 Å². The van der Waals surface area contributed by atoms with Crippen molar-refractivity contribution in [2.24, 2.45) is 5.92 Å². The highest BCUT2D eigenvalue weighted by atomic mass is 15.0. The molecule has 1 unspecified atom stereocenters. The number of rotatable bonds is 3. The molecule has 2 heteroatoms. The molecule has 0 spiro atoms. The average molecular weight is 349 g/mol. The van der Waals surface area contributed by atoms with Crippen LogP contribution < -0.4 is 10.6 Å². The maximum atomic E-state index is 3.91. The third kappa shape index (κ3) is 3.96. The minimum absolute atomic E-state index is 0.444. The van der Waals surface area contributed by atoms with Crippen LogP contribution >= 0.6 is 0 Å². The maximum absolute atomic E-state index is 3.91. The van der Waals surface area contributed by atoms with Crippen LogP contribution in [0.15, 0.2) is 71.0 Å². The van der Waals surface area contributed by atoms with E-state index in [-0.39, 0.29) is 0 Å². The van der Waals surface area contributed by atoms with Gasteiger partial charge in [-0.1, -0.05) is 48.1 Å². The first-order valence-electron chi connectivity index (χ1n) is 10.4. The lowest BCUT2D eigenvalue weighted by Crippen LogP contribution is -2.39. The Hall–Kier alpha value is -1.80. The monoisotopic (exact) mass is 348 g/mol. The fraction of sp³-hybridized carbons (Fsp3) is 0.500. The lowest BCUT2D eigenvalue weighted by Gasteiger charge is -2.34. The van der Waals surface area contributed by atoms with Crippen LogP contribution in [-0.4, -0.2) is 18.6 Å². The Morgan fingerprint density at radius 2 is 1.85 bits per heavy atom. The van der Waals surface area contributed by atoms with E-state index in [4.69, 9.17) is 0 Å². The third-order valence-corrected chi connectivity index (χ3v) is 6.34. The van der Waals surface area contributed by atoms with Gasteiger partial charge >= 0.3 is 0 Å². The van der Waals surface area contributed by atoms with Gasteiger partial charge in [0.05, 0.1) is 0 Å². The highest BCUT2D eigenvalue weighted by molar-refractivity contribution is 5.46. The molecule has 0 bridgehead atoms. The van der Waals surface area contributed by atoms with Crippen LogP contribution in [0, 0.1) is 5.92 Å². The van der Waals surface area contributed by atoms with Crippen LogP contribution in [0.3, 0.4) is 0 Å². The van der Waals surface area contributed by atoms with E-state index in [0.29, 0.717) is 12.1 Å². The van der Waals surface area contributed by atoms with Gasteiger partial charge in [-0.25, -0.2) is 0 Å². The SMILES string of the molecule is C/C1=C\C=C/CNC2CC=CC(NC3CCC(C4=CC=CCC4)CC3)=C12. The highest BCUT2D eigenvalue weighted by Gasteiger charge is 2.26. The molecule has 1 aliphatic heterocycles. The van der Waals surface area contributed by atoms with Gasteiger partial charge < -0.3 is 10.6 Å². The van der Waals surface area contributed by atoms with Gasteiger partial charge in [-0.05, 0) is 75.0 Å². The summed E-state index contributed by atoms with van der Waals surface area (Å²) >= 11 is 0. The van der Waals surface area contributed by atoms with Crippen molar-refractivity contribution in [2.45, 2.75) is 64.0 Å². The lowest BCUT2D eigenvalue weighted by atomic mass is 9.78. The number of nitrogens with one attached hydrogen (secondary N) is 2. The summed E-state index contributed by atoms with van der Waals surface area (Å²) in [6.07, 6.45) is 27.1. The van der Waals surface area contributed by atoms with E-state index < -0.39 is 0 Å². The van der Waals surface area contributed by atoms with E-state index in [1.165, 1.54) is 55.4 Å². The summed E-state index contributed by atoms with van der Waals surface area (Å²) in [5.41, 5.74) is 5.90. The number of hydrogen-bond donors (Lipinski definition) is 2. The van der Waals surface area contributed by atoms with Crippen LogP contribution in [0.1, 0.15) is 51.9 Å². The summed E-state index contributed by atoms with van der Waals surface area (Å²) < 4.78 is 0. The van der Waals surface area contributed by atoms with E-state index >= 15 is 0 Å². The van der Waals surface area contributed by atoms with Gasteiger partial charge in [0, 0.05) is 24.3 Å². The van der Waals surface area contributed by atoms with E-state index in [9.17, 15) is 0 Å². The van der Waals surface area contributed by atoms with Crippen LogP contribution in [0.4, 0.5) is 0 Å². The molecule has 0 aromatic heterocycles. The van der Waals surface area contributed by atoms with Crippen LogP contribution in [0.25, 0.3) is 0 Å². The average Bonchev–Trinajstić information content (AvgIpc) is 2.67. The summed E-state index contributed by atoms with van der Waals surface area (Å²) in [5, 5.41) is 7.59. The molecule has 4 rings (SSSR count). The predicted octanol–water partition coefficient (Wildman–Crippen LogP) is 5.10. The van der Waals surface area contributed by atoms with Gasteiger partial charge in [0.1, 0.15) is 0 Å². The molecule has 0 aromatic carbocycles. The van der Waals surface area contributed by atoms with Crippen LogP contribution in [0.2, 0.25) is 0 Å².